The summed E-state index contributed by atoms with van der Waals surface area (Å²) in [5, 5.41) is 24.8. The summed E-state index contributed by atoms with van der Waals surface area (Å²) < 4.78 is 6.44. The topological polar surface area (TPSA) is 94.2 Å². The van der Waals surface area contributed by atoms with Crippen molar-refractivity contribution in [2.45, 2.75) is 76.4 Å². The Kier molecular flexibility index (Phi) is 9.20. The van der Waals surface area contributed by atoms with E-state index in [1.165, 1.54) is 23.2 Å². The van der Waals surface area contributed by atoms with E-state index in [2.05, 4.69) is 43.0 Å². The van der Waals surface area contributed by atoms with Crippen LogP contribution in [0.15, 0.2) is 83.0 Å². The van der Waals surface area contributed by atoms with E-state index in [-0.39, 0.29) is 17.6 Å². The number of amides is 1. The van der Waals surface area contributed by atoms with Gasteiger partial charge in [-0.2, -0.15) is 0 Å². The van der Waals surface area contributed by atoms with E-state index in [0.717, 1.165) is 46.9 Å². The Morgan fingerprint density at radius 2 is 1.81 bits per heavy atom. The van der Waals surface area contributed by atoms with Crippen LogP contribution in [0.5, 0.6) is 0 Å². The van der Waals surface area contributed by atoms with Crippen LogP contribution in [-0.2, 0) is 6.42 Å². The Balaban J connectivity index is 1.21. The normalized spacial score (nSPS) is 27.1. The predicted molar refractivity (Wildman–Crippen MR) is 190 cm³/mol. The molecule has 0 radical (unpaired) electrons. The average Bonchev–Trinajstić information content (AvgIpc) is 3.83. The number of carbonyl (C=O) groups excluding carboxylic acids is 2. The van der Waals surface area contributed by atoms with Gasteiger partial charge in [0.25, 0.3) is 5.91 Å². The number of hydrogen-bond acceptors (Lipinski definition) is 7. The fourth-order valence-corrected chi connectivity index (χ4v) is 9.48. The second-order valence-corrected chi connectivity index (χ2v) is 15.6. The molecular formula is C40H46N2O5S. The number of nitrogens with zero attached hydrogens (tertiary/aromatic N) is 2. The zero-order valence-corrected chi connectivity index (χ0v) is 28.8. The van der Waals surface area contributed by atoms with Crippen molar-refractivity contribution in [3.63, 3.8) is 0 Å². The molecule has 1 amide bonds. The molecule has 1 saturated heterocycles. The first-order valence-corrected chi connectivity index (χ1v) is 18.2. The lowest BCUT2D eigenvalue weighted by Crippen LogP contribution is -2.57. The first kappa shape index (κ1) is 33.0. The number of benzene rings is 2. The Morgan fingerprint density at radius 1 is 1.00 bits per heavy atom. The summed E-state index contributed by atoms with van der Waals surface area (Å²) in [6.45, 7) is 7.43. The number of piperazine rings is 1. The first-order valence-electron chi connectivity index (χ1n) is 17.4. The number of aliphatic hydroxyl groups excluding tert-OH is 1. The predicted octanol–water partition coefficient (Wildman–Crippen LogP) is 7.22. The molecule has 4 aromatic rings. The Bertz CT molecular complexity index is 1790. The van der Waals surface area contributed by atoms with Crippen molar-refractivity contribution in [2.75, 3.05) is 32.7 Å². The minimum Gasteiger partial charge on any atom is -0.459 e. The molecule has 4 aliphatic rings. The average molecular weight is 667 g/mol. The maximum atomic E-state index is 14.5. The van der Waals surface area contributed by atoms with Crippen LogP contribution in [0.25, 0.3) is 10.1 Å². The van der Waals surface area contributed by atoms with Gasteiger partial charge in [0.15, 0.2) is 5.76 Å². The van der Waals surface area contributed by atoms with E-state index in [4.69, 9.17) is 4.42 Å². The van der Waals surface area contributed by atoms with E-state index in [0.29, 0.717) is 68.2 Å². The molecule has 8 heteroatoms. The second-order valence-electron chi connectivity index (χ2n) is 14.5. The standard InChI is InChI=1S/C40H46N2O5S/c1-27-7-5-16-39(2)33(15-17-40(39,46)26-41-18-20-42(21-19-41)38(45)34-9-6-22-47-34)31-14-12-28(23-30(43)13-11-27)24-32(31)37(44)36-25-29-8-3-4-10-35(29)48-36/h3-4,6-10,12,14,22,24-25,30,33,43,46H,5,11,13,15-21,23,26H2,1-2H3. The van der Waals surface area contributed by atoms with Crippen molar-refractivity contribution in [3.8, 4) is 0 Å². The van der Waals surface area contributed by atoms with Gasteiger partial charge in [-0.25, -0.2) is 0 Å². The molecule has 3 heterocycles. The molecule has 1 saturated carbocycles. The highest BCUT2D eigenvalue weighted by Crippen LogP contribution is 2.59. The highest BCUT2D eigenvalue weighted by Gasteiger charge is 2.57. The van der Waals surface area contributed by atoms with Gasteiger partial charge in [-0.1, -0.05) is 48.9 Å². The van der Waals surface area contributed by atoms with Crippen LogP contribution < -0.4 is 0 Å². The van der Waals surface area contributed by atoms with E-state index in [1.807, 2.05) is 35.2 Å². The summed E-state index contributed by atoms with van der Waals surface area (Å²) in [6, 6.07) is 19.8. The Hall–Kier alpha value is -3.56. The summed E-state index contributed by atoms with van der Waals surface area (Å²) in [7, 11) is 0. The number of carbonyl (C=O) groups is 2. The molecule has 4 atom stereocenters. The molecule has 2 N–H and O–H groups in total. The van der Waals surface area contributed by atoms with Crippen LogP contribution in [0, 0.1) is 5.41 Å². The lowest BCUT2D eigenvalue weighted by atomic mass is 9.64. The zero-order chi connectivity index (χ0) is 33.5. The number of β-amino-alcohol motifs (C(OH)–C–C–N with tert-alkyl or cyclic N) is 1. The third-order valence-electron chi connectivity index (χ3n) is 11.4. The van der Waals surface area contributed by atoms with Crippen molar-refractivity contribution in [1.29, 1.82) is 0 Å². The number of fused-ring (bicyclic) bond motifs is 9. The number of ketones is 1. The highest BCUT2D eigenvalue weighted by molar-refractivity contribution is 7.21. The van der Waals surface area contributed by atoms with E-state index in [1.54, 1.807) is 12.1 Å². The molecule has 252 valence electrons. The van der Waals surface area contributed by atoms with Gasteiger partial charge in [-0.15, -0.1) is 11.3 Å². The molecule has 1 aliphatic heterocycles. The summed E-state index contributed by atoms with van der Waals surface area (Å²) >= 11 is 1.53. The fourth-order valence-electron chi connectivity index (χ4n) is 8.46. The van der Waals surface area contributed by atoms with Crippen LogP contribution in [-0.4, -0.2) is 76.1 Å². The van der Waals surface area contributed by atoms with Crippen molar-refractivity contribution >= 4 is 33.1 Å². The molecule has 2 aromatic heterocycles. The molecule has 2 aromatic carbocycles. The number of rotatable bonds is 5. The number of furan rings is 1. The van der Waals surface area contributed by atoms with Crippen molar-refractivity contribution in [1.82, 2.24) is 9.80 Å². The molecule has 3 aliphatic carbocycles. The van der Waals surface area contributed by atoms with Crippen LogP contribution in [0.3, 0.4) is 0 Å². The summed E-state index contributed by atoms with van der Waals surface area (Å²) in [5.41, 5.74) is 2.45. The lowest BCUT2D eigenvalue weighted by molar-refractivity contribution is -0.0876. The number of hydrogen-bond donors (Lipinski definition) is 2. The van der Waals surface area contributed by atoms with Gasteiger partial charge in [0.05, 0.1) is 22.8 Å². The SMILES string of the molecule is CC1=CCCC2(C)C(CCC2(O)CN2CCN(C(=O)c3ccco3)CC2)c2ccc(cc2C(=O)c2cc3ccccc3s2)CC(O)CC1. The van der Waals surface area contributed by atoms with Crippen molar-refractivity contribution in [2.24, 2.45) is 5.41 Å². The summed E-state index contributed by atoms with van der Waals surface area (Å²) in [4.78, 5) is 32.2. The quantitative estimate of drug-likeness (QED) is 0.173. The van der Waals surface area contributed by atoms with Gasteiger partial charge < -0.3 is 19.5 Å². The molecule has 2 bridgehead atoms. The van der Waals surface area contributed by atoms with E-state index in [9.17, 15) is 19.8 Å². The number of thiophene rings is 1. The molecule has 2 fully saturated rings. The van der Waals surface area contributed by atoms with Crippen molar-refractivity contribution in [3.05, 3.63) is 106 Å². The minimum absolute atomic E-state index is 0.0144. The summed E-state index contributed by atoms with van der Waals surface area (Å²) in [6.07, 6.45) is 8.33. The molecule has 0 spiro atoms. The van der Waals surface area contributed by atoms with Gasteiger partial charge in [0, 0.05) is 48.4 Å². The van der Waals surface area contributed by atoms with Gasteiger partial charge in [0.1, 0.15) is 0 Å². The van der Waals surface area contributed by atoms with Gasteiger partial charge in [-0.3, -0.25) is 14.5 Å². The molecule has 4 unspecified atom stereocenters. The Labute approximate surface area is 286 Å². The second kappa shape index (κ2) is 13.4. The van der Waals surface area contributed by atoms with Crippen LogP contribution in [0.1, 0.15) is 95.2 Å². The maximum absolute atomic E-state index is 14.5. The smallest absolute Gasteiger partial charge is 0.289 e. The van der Waals surface area contributed by atoms with Crippen LogP contribution in [0.4, 0.5) is 0 Å². The minimum atomic E-state index is -0.976. The van der Waals surface area contributed by atoms with E-state index >= 15 is 0 Å². The monoisotopic (exact) mass is 666 g/mol. The largest absolute Gasteiger partial charge is 0.459 e. The highest BCUT2D eigenvalue weighted by atomic mass is 32.1. The molecule has 8 rings (SSSR count). The number of aliphatic hydroxyl groups is 2. The first-order chi connectivity index (χ1) is 23.1. The maximum Gasteiger partial charge on any atom is 0.289 e. The van der Waals surface area contributed by atoms with E-state index < -0.39 is 17.1 Å². The third kappa shape index (κ3) is 6.31. The lowest BCUT2D eigenvalue weighted by Gasteiger charge is -2.47. The molecule has 48 heavy (non-hydrogen) atoms. The zero-order valence-electron chi connectivity index (χ0n) is 28.0. The van der Waals surface area contributed by atoms with Crippen LogP contribution >= 0.6 is 11.3 Å². The van der Waals surface area contributed by atoms with Gasteiger partial charge in [-0.05, 0) is 105 Å². The van der Waals surface area contributed by atoms with Gasteiger partial charge in [0.2, 0.25) is 5.78 Å². The number of allylic oxidation sites excluding steroid dienone is 2. The van der Waals surface area contributed by atoms with Crippen molar-refractivity contribution < 1.29 is 24.2 Å². The van der Waals surface area contributed by atoms with Gasteiger partial charge >= 0.3 is 0 Å². The van der Waals surface area contributed by atoms with Crippen LogP contribution in [0.2, 0.25) is 0 Å². The summed E-state index contributed by atoms with van der Waals surface area (Å²) in [5.74, 6) is 0.262. The Morgan fingerprint density at radius 3 is 2.58 bits per heavy atom. The fraction of sp³-hybridized carbons (Fsp3) is 0.450. The third-order valence-corrected chi connectivity index (χ3v) is 12.6. The molecular weight excluding hydrogens is 621 g/mol. The molecule has 7 nitrogen and oxygen atoms in total.